The quantitative estimate of drug-likeness (QED) is 0.802. The minimum atomic E-state index is -0.471. The van der Waals surface area contributed by atoms with Gasteiger partial charge in [-0.25, -0.2) is 0 Å². The van der Waals surface area contributed by atoms with Crippen LogP contribution in [0.1, 0.15) is 25.6 Å². The third-order valence-corrected chi connectivity index (χ3v) is 2.43. The fourth-order valence-corrected chi connectivity index (χ4v) is 1.33. The van der Waals surface area contributed by atoms with Crippen LogP contribution in [0.2, 0.25) is 0 Å². The van der Waals surface area contributed by atoms with Gasteiger partial charge in [0, 0.05) is 13.2 Å². The summed E-state index contributed by atoms with van der Waals surface area (Å²) in [6.45, 7) is 3.62. The van der Waals surface area contributed by atoms with Gasteiger partial charge in [-0.1, -0.05) is 6.07 Å². The average Bonchev–Trinajstić information content (AvgIpc) is 2.27. The summed E-state index contributed by atoms with van der Waals surface area (Å²) in [5.74, 6) is -0.0758. The molecule has 1 rings (SSSR count). The molecule has 0 saturated carbocycles. The highest BCUT2D eigenvalue weighted by molar-refractivity contribution is 5.81. The van der Waals surface area contributed by atoms with Gasteiger partial charge in [-0.3, -0.25) is 9.78 Å². The minimum Gasteiger partial charge on any atom is -0.336 e. The summed E-state index contributed by atoms with van der Waals surface area (Å²) in [5, 5.41) is 0. The fraction of sp³-hybridized carbons (Fsp3) is 0.455. The average molecular weight is 207 g/mol. The highest BCUT2D eigenvalue weighted by Crippen LogP contribution is 2.16. The molecule has 0 saturated heterocycles. The SMILES string of the molecule is CC(N)C(=O)N(C)C(C)c1ccccn1. The normalized spacial score (nSPS) is 14.4. The van der Waals surface area contributed by atoms with Crippen LogP contribution in [0.5, 0.6) is 0 Å². The summed E-state index contributed by atoms with van der Waals surface area (Å²) in [6, 6.07) is 5.13. The van der Waals surface area contributed by atoms with Gasteiger partial charge in [-0.15, -0.1) is 0 Å². The van der Waals surface area contributed by atoms with E-state index >= 15 is 0 Å². The predicted octanol–water partition coefficient (Wildman–Crippen LogP) is 0.948. The van der Waals surface area contributed by atoms with E-state index in [0.717, 1.165) is 5.69 Å². The first-order valence-corrected chi connectivity index (χ1v) is 4.97. The number of hydrogen-bond donors (Lipinski definition) is 1. The Morgan fingerprint density at radius 3 is 2.60 bits per heavy atom. The lowest BCUT2D eigenvalue weighted by molar-refractivity contribution is -0.132. The highest BCUT2D eigenvalue weighted by Gasteiger charge is 2.20. The number of carbonyl (C=O) groups excluding carboxylic acids is 1. The van der Waals surface area contributed by atoms with Gasteiger partial charge in [0.1, 0.15) is 0 Å². The van der Waals surface area contributed by atoms with Crippen molar-refractivity contribution in [2.45, 2.75) is 25.9 Å². The van der Waals surface area contributed by atoms with E-state index in [1.807, 2.05) is 25.1 Å². The first kappa shape index (κ1) is 11.7. The number of amides is 1. The first-order chi connectivity index (χ1) is 7.04. The van der Waals surface area contributed by atoms with Crippen molar-refractivity contribution in [3.05, 3.63) is 30.1 Å². The second-order valence-corrected chi connectivity index (χ2v) is 3.67. The molecular weight excluding hydrogens is 190 g/mol. The first-order valence-electron chi connectivity index (χ1n) is 4.97. The topological polar surface area (TPSA) is 59.2 Å². The molecule has 15 heavy (non-hydrogen) atoms. The molecule has 0 bridgehead atoms. The van der Waals surface area contributed by atoms with Crippen LogP contribution in [0.3, 0.4) is 0 Å². The maximum atomic E-state index is 11.6. The molecule has 0 aliphatic heterocycles. The maximum Gasteiger partial charge on any atom is 0.239 e. The van der Waals surface area contributed by atoms with Crippen LogP contribution in [0.15, 0.2) is 24.4 Å². The van der Waals surface area contributed by atoms with E-state index in [1.165, 1.54) is 0 Å². The molecule has 0 radical (unpaired) electrons. The number of rotatable bonds is 3. The molecule has 0 fully saturated rings. The van der Waals surface area contributed by atoms with Crippen LogP contribution >= 0.6 is 0 Å². The fourth-order valence-electron chi connectivity index (χ4n) is 1.33. The third-order valence-electron chi connectivity index (χ3n) is 2.43. The largest absolute Gasteiger partial charge is 0.336 e. The number of aromatic nitrogens is 1. The van der Waals surface area contributed by atoms with E-state index in [9.17, 15) is 4.79 Å². The maximum absolute atomic E-state index is 11.6. The molecule has 0 aliphatic rings. The number of pyridine rings is 1. The molecule has 2 atom stereocenters. The number of nitrogens with zero attached hydrogens (tertiary/aromatic N) is 2. The molecule has 0 aliphatic carbocycles. The van der Waals surface area contributed by atoms with Crippen LogP contribution in [-0.2, 0) is 4.79 Å². The Kier molecular flexibility index (Phi) is 3.80. The second-order valence-electron chi connectivity index (χ2n) is 3.67. The molecule has 4 heteroatoms. The standard InChI is InChI=1S/C11H17N3O/c1-8(12)11(15)14(3)9(2)10-6-4-5-7-13-10/h4-9H,12H2,1-3H3. The monoisotopic (exact) mass is 207 g/mol. The van der Waals surface area contributed by atoms with Crippen molar-refractivity contribution in [3.63, 3.8) is 0 Å². The summed E-state index contributed by atoms with van der Waals surface area (Å²) >= 11 is 0. The summed E-state index contributed by atoms with van der Waals surface area (Å²) in [4.78, 5) is 17.5. The third kappa shape index (κ3) is 2.76. The van der Waals surface area contributed by atoms with E-state index < -0.39 is 6.04 Å². The van der Waals surface area contributed by atoms with Crippen LogP contribution < -0.4 is 5.73 Å². The van der Waals surface area contributed by atoms with E-state index in [2.05, 4.69) is 4.98 Å². The molecule has 2 N–H and O–H groups in total. The van der Waals surface area contributed by atoms with Crippen molar-refractivity contribution in [3.8, 4) is 0 Å². The summed E-state index contributed by atoms with van der Waals surface area (Å²) in [6.07, 6.45) is 1.72. The molecule has 2 unspecified atom stereocenters. The molecule has 1 heterocycles. The van der Waals surface area contributed by atoms with Crippen molar-refractivity contribution < 1.29 is 4.79 Å². The molecule has 1 aromatic rings. The molecular formula is C11H17N3O. The summed E-state index contributed by atoms with van der Waals surface area (Å²) < 4.78 is 0. The Labute approximate surface area is 90.1 Å². The smallest absolute Gasteiger partial charge is 0.239 e. The van der Waals surface area contributed by atoms with Gasteiger partial charge in [-0.2, -0.15) is 0 Å². The van der Waals surface area contributed by atoms with E-state index in [1.54, 1.807) is 25.1 Å². The second kappa shape index (κ2) is 4.89. The van der Waals surface area contributed by atoms with Gasteiger partial charge >= 0.3 is 0 Å². The molecule has 4 nitrogen and oxygen atoms in total. The van der Waals surface area contributed by atoms with Crippen molar-refractivity contribution in [2.24, 2.45) is 5.73 Å². The van der Waals surface area contributed by atoms with Crippen LogP contribution in [0.25, 0.3) is 0 Å². The molecule has 1 amide bonds. The molecule has 0 spiro atoms. The number of nitrogens with two attached hydrogens (primary N) is 1. The van der Waals surface area contributed by atoms with Crippen LogP contribution in [0, 0.1) is 0 Å². The van der Waals surface area contributed by atoms with Crippen molar-refractivity contribution in [1.29, 1.82) is 0 Å². The van der Waals surface area contributed by atoms with Gasteiger partial charge < -0.3 is 10.6 Å². The van der Waals surface area contributed by atoms with Crippen molar-refractivity contribution >= 4 is 5.91 Å². The van der Waals surface area contributed by atoms with Gasteiger partial charge in [-0.05, 0) is 26.0 Å². The minimum absolute atomic E-state index is 0.0512. The molecule has 82 valence electrons. The molecule has 0 aromatic carbocycles. The van der Waals surface area contributed by atoms with E-state index in [0.29, 0.717) is 0 Å². The number of likely N-dealkylation sites (N-methyl/N-ethyl adjacent to an activating group) is 1. The lowest BCUT2D eigenvalue weighted by atomic mass is 10.1. The van der Waals surface area contributed by atoms with Crippen molar-refractivity contribution in [1.82, 2.24) is 9.88 Å². The van der Waals surface area contributed by atoms with Crippen molar-refractivity contribution in [2.75, 3.05) is 7.05 Å². The summed E-state index contributed by atoms with van der Waals surface area (Å²) in [7, 11) is 1.74. The van der Waals surface area contributed by atoms with Crippen LogP contribution in [0.4, 0.5) is 0 Å². The Morgan fingerprint density at radius 1 is 1.47 bits per heavy atom. The van der Waals surface area contributed by atoms with Crippen LogP contribution in [-0.4, -0.2) is 28.9 Å². The Morgan fingerprint density at radius 2 is 2.13 bits per heavy atom. The lowest BCUT2D eigenvalue weighted by Crippen LogP contribution is -2.41. The number of carbonyl (C=O) groups is 1. The molecule has 1 aromatic heterocycles. The van der Waals surface area contributed by atoms with Gasteiger partial charge in [0.05, 0.1) is 17.8 Å². The van der Waals surface area contributed by atoms with Gasteiger partial charge in [0.25, 0.3) is 0 Å². The number of hydrogen-bond acceptors (Lipinski definition) is 3. The zero-order valence-corrected chi connectivity index (χ0v) is 9.34. The van der Waals surface area contributed by atoms with E-state index in [-0.39, 0.29) is 11.9 Å². The van der Waals surface area contributed by atoms with Gasteiger partial charge in [0.15, 0.2) is 0 Å². The lowest BCUT2D eigenvalue weighted by Gasteiger charge is -2.25. The van der Waals surface area contributed by atoms with Gasteiger partial charge in [0.2, 0.25) is 5.91 Å². The predicted molar refractivity (Wildman–Crippen MR) is 59.1 cm³/mol. The Bertz CT molecular complexity index is 324. The highest BCUT2D eigenvalue weighted by atomic mass is 16.2. The summed E-state index contributed by atoms with van der Waals surface area (Å²) in [5.41, 5.74) is 6.41. The Hall–Kier alpha value is -1.42. The zero-order chi connectivity index (χ0) is 11.4. The Balaban J connectivity index is 2.77. The zero-order valence-electron chi connectivity index (χ0n) is 9.34. The van der Waals surface area contributed by atoms with E-state index in [4.69, 9.17) is 5.73 Å².